The molecule has 1 aromatic heterocycles. The number of amides is 1. The topological polar surface area (TPSA) is 42.0 Å². The normalized spacial score (nSPS) is 16.1. The third-order valence-electron chi connectivity index (χ3n) is 1.94. The van der Waals surface area contributed by atoms with E-state index in [1.807, 2.05) is 5.38 Å². The molecule has 64 valence electrons. The minimum absolute atomic E-state index is 0.0769. The lowest BCUT2D eigenvalue weighted by Gasteiger charge is -1.91. The van der Waals surface area contributed by atoms with Gasteiger partial charge in [0, 0.05) is 18.3 Å². The van der Waals surface area contributed by atoms with Crippen molar-refractivity contribution in [2.24, 2.45) is 0 Å². The van der Waals surface area contributed by atoms with Crippen LogP contribution in [0.3, 0.4) is 0 Å². The Morgan fingerprint density at radius 2 is 2.50 bits per heavy atom. The van der Waals surface area contributed by atoms with Crippen molar-refractivity contribution in [3.05, 3.63) is 16.1 Å². The number of nitrogens with zero attached hydrogens (tertiary/aromatic N) is 1. The van der Waals surface area contributed by atoms with Gasteiger partial charge in [0.1, 0.15) is 0 Å². The van der Waals surface area contributed by atoms with Crippen LogP contribution in [0.25, 0.3) is 0 Å². The third-order valence-corrected chi connectivity index (χ3v) is 2.80. The number of hydrogen-bond donors (Lipinski definition) is 1. The lowest BCUT2D eigenvalue weighted by atomic mass is 10.3. The van der Waals surface area contributed by atoms with Gasteiger partial charge in [-0.1, -0.05) is 0 Å². The van der Waals surface area contributed by atoms with Crippen LogP contribution in [0.2, 0.25) is 0 Å². The maximum Gasteiger partial charge on any atom is 0.280 e. The first-order valence-corrected chi connectivity index (χ1v) is 4.86. The number of aromatic nitrogens is 1. The van der Waals surface area contributed by atoms with Crippen LogP contribution in [0.4, 0.5) is 0 Å². The van der Waals surface area contributed by atoms with Crippen molar-refractivity contribution in [2.45, 2.75) is 18.8 Å². The molecule has 4 heteroatoms. The molecule has 12 heavy (non-hydrogen) atoms. The van der Waals surface area contributed by atoms with E-state index in [2.05, 4.69) is 10.3 Å². The van der Waals surface area contributed by atoms with E-state index in [1.54, 1.807) is 7.05 Å². The van der Waals surface area contributed by atoms with Gasteiger partial charge in [0.15, 0.2) is 5.01 Å². The van der Waals surface area contributed by atoms with E-state index >= 15 is 0 Å². The molecule has 1 fully saturated rings. The summed E-state index contributed by atoms with van der Waals surface area (Å²) in [4.78, 5) is 15.4. The molecular weight excluding hydrogens is 172 g/mol. The Labute approximate surface area is 74.8 Å². The first-order chi connectivity index (χ1) is 5.81. The Hall–Kier alpha value is -0.900. The maximum atomic E-state index is 11.1. The first-order valence-electron chi connectivity index (χ1n) is 3.99. The maximum absolute atomic E-state index is 11.1. The van der Waals surface area contributed by atoms with Gasteiger partial charge in [-0.25, -0.2) is 4.98 Å². The van der Waals surface area contributed by atoms with Gasteiger partial charge in [0.05, 0.1) is 5.69 Å². The minimum Gasteiger partial charge on any atom is -0.353 e. The standard InChI is InChI=1S/C8H10N2OS/c1-9-7(11)8-10-6(4-12-8)5-2-3-5/h4-5H,2-3H2,1H3,(H,9,11). The van der Waals surface area contributed by atoms with Gasteiger partial charge in [-0.15, -0.1) is 11.3 Å². The predicted molar refractivity (Wildman–Crippen MR) is 47.5 cm³/mol. The van der Waals surface area contributed by atoms with Gasteiger partial charge >= 0.3 is 0 Å². The van der Waals surface area contributed by atoms with Crippen LogP contribution in [-0.4, -0.2) is 17.9 Å². The number of carbonyl (C=O) groups is 1. The van der Waals surface area contributed by atoms with Gasteiger partial charge < -0.3 is 5.32 Å². The molecule has 1 amide bonds. The van der Waals surface area contributed by atoms with E-state index in [0.29, 0.717) is 10.9 Å². The molecule has 0 aromatic carbocycles. The summed E-state index contributed by atoms with van der Waals surface area (Å²) in [6, 6.07) is 0. The Bertz CT molecular complexity index is 304. The molecule has 1 N–H and O–H groups in total. The van der Waals surface area contributed by atoms with Gasteiger partial charge in [-0.3, -0.25) is 4.79 Å². The molecule has 0 aliphatic heterocycles. The van der Waals surface area contributed by atoms with E-state index < -0.39 is 0 Å². The molecule has 0 atom stereocenters. The Morgan fingerprint density at radius 3 is 3.08 bits per heavy atom. The van der Waals surface area contributed by atoms with Crippen molar-refractivity contribution >= 4 is 17.2 Å². The Morgan fingerprint density at radius 1 is 1.75 bits per heavy atom. The molecule has 1 saturated carbocycles. The second-order valence-corrected chi connectivity index (χ2v) is 3.79. The summed E-state index contributed by atoms with van der Waals surface area (Å²) in [5.41, 5.74) is 1.10. The second kappa shape index (κ2) is 2.86. The zero-order valence-electron chi connectivity index (χ0n) is 6.83. The predicted octanol–water partition coefficient (Wildman–Crippen LogP) is 1.38. The van der Waals surface area contributed by atoms with E-state index in [1.165, 1.54) is 24.2 Å². The van der Waals surface area contributed by atoms with E-state index in [-0.39, 0.29) is 5.91 Å². The molecule has 0 bridgehead atoms. The van der Waals surface area contributed by atoms with Crippen molar-refractivity contribution in [3.63, 3.8) is 0 Å². The summed E-state index contributed by atoms with van der Waals surface area (Å²) in [5.74, 6) is 0.562. The zero-order chi connectivity index (χ0) is 8.55. The van der Waals surface area contributed by atoms with Gasteiger partial charge in [-0.05, 0) is 12.8 Å². The van der Waals surface area contributed by atoms with Crippen molar-refractivity contribution in [1.29, 1.82) is 0 Å². The van der Waals surface area contributed by atoms with E-state index in [0.717, 1.165) is 5.69 Å². The molecular formula is C8H10N2OS. The summed E-state index contributed by atoms with van der Waals surface area (Å²) in [6.07, 6.45) is 2.47. The fourth-order valence-electron chi connectivity index (χ4n) is 1.06. The molecule has 0 spiro atoms. The Kier molecular flexibility index (Phi) is 1.84. The van der Waals surface area contributed by atoms with Crippen LogP contribution in [0.5, 0.6) is 0 Å². The molecule has 1 aliphatic rings. The number of nitrogens with one attached hydrogen (secondary N) is 1. The highest BCUT2D eigenvalue weighted by Crippen LogP contribution is 2.40. The fraction of sp³-hybridized carbons (Fsp3) is 0.500. The number of hydrogen-bond acceptors (Lipinski definition) is 3. The molecule has 2 rings (SSSR count). The van der Waals surface area contributed by atoms with Crippen LogP contribution in [0, 0.1) is 0 Å². The second-order valence-electron chi connectivity index (χ2n) is 2.93. The summed E-state index contributed by atoms with van der Waals surface area (Å²) < 4.78 is 0. The molecule has 0 saturated heterocycles. The summed E-state index contributed by atoms with van der Waals surface area (Å²) in [7, 11) is 1.63. The van der Waals surface area contributed by atoms with Crippen molar-refractivity contribution in [1.82, 2.24) is 10.3 Å². The van der Waals surface area contributed by atoms with Crippen LogP contribution in [-0.2, 0) is 0 Å². The van der Waals surface area contributed by atoms with Gasteiger partial charge in [-0.2, -0.15) is 0 Å². The molecule has 1 aliphatic carbocycles. The van der Waals surface area contributed by atoms with E-state index in [9.17, 15) is 4.79 Å². The van der Waals surface area contributed by atoms with Crippen molar-refractivity contribution in [2.75, 3.05) is 7.05 Å². The molecule has 0 radical (unpaired) electrons. The molecule has 1 aromatic rings. The van der Waals surface area contributed by atoms with E-state index in [4.69, 9.17) is 0 Å². The quantitative estimate of drug-likeness (QED) is 0.750. The highest BCUT2D eigenvalue weighted by molar-refractivity contribution is 7.11. The van der Waals surface area contributed by atoms with Crippen LogP contribution < -0.4 is 5.32 Å². The fourth-order valence-corrected chi connectivity index (χ4v) is 1.91. The average Bonchev–Trinajstić information content (AvgIpc) is 2.83. The molecule has 3 nitrogen and oxygen atoms in total. The monoisotopic (exact) mass is 182 g/mol. The SMILES string of the molecule is CNC(=O)c1nc(C2CC2)cs1. The molecule has 0 unspecified atom stereocenters. The van der Waals surface area contributed by atoms with Gasteiger partial charge in [0.2, 0.25) is 0 Å². The van der Waals surface area contributed by atoms with Gasteiger partial charge in [0.25, 0.3) is 5.91 Å². The Balaban J connectivity index is 2.17. The number of thiazole rings is 1. The van der Waals surface area contributed by atoms with Crippen molar-refractivity contribution < 1.29 is 4.79 Å². The first kappa shape index (κ1) is 7.73. The van der Waals surface area contributed by atoms with Crippen LogP contribution in [0.15, 0.2) is 5.38 Å². The van der Waals surface area contributed by atoms with Crippen molar-refractivity contribution in [3.8, 4) is 0 Å². The molecule has 1 heterocycles. The third kappa shape index (κ3) is 1.34. The smallest absolute Gasteiger partial charge is 0.280 e. The summed E-state index contributed by atoms with van der Waals surface area (Å²) in [5, 5.41) is 5.13. The lowest BCUT2D eigenvalue weighted by Crippen LogP contribution is -2.17. The largest absolute Gasteiger partial charge is 0.353 e. The van der Waals surface area contributed by atoms with Crippen LogP contribution >= 0.6 is 11.3 Å². The lowest BCUT2D eigenvalue weighted by molar-refractivity contribution is 0.0962. The summed E-state index contributed by atoms with van der Waals surface area (Å²) >= 11 is 1.43. The highest BCUT2D eigenvalue weighted by atomic mass is 32.1. The zero-order valence-corrected chi connectivity index (χ0v) is 7.65. The van der Waals surface area contributed by atoms with Crippen LogP contribution in [0.1, 0.15) is 34.3 Å². The summed E-state index contributed by atoms with van der Waals surface area (Å²) in [6.45, 7) is 0. The average molecular weight is 182 g/mol. The number of rotatable bonds is 2. The highest BCUT2D eigenvalue weighted by Gasteiger charge is 2.26. The minimum atomic E-state index is -0.0769. The number of carbonyl (C=O) groups excluding carboxylic acids is 1.